The Morgan fingerprint density at radius 3 is 2.45 bits per heavy atom. The Hall–Kier alpha value is -2.06. The largest absolute Gasteiger partial charge is 0.451 e. The van der Waals surface area contributed by atoms with Crippen LogP contribution in [0.2, 0.25) is 0 Å². The molecule has 1 aromatic heterocycles. The molecule has 0 unspecified atom stereocenters. The number of nitrogen functional groups attached to an aromatic ring is 1. The lowest BCUT2D eigenvalue weighted by atomic mass is 10.2. The number of hydrogen-bond acceptors (Lipinski definition) is 5. The summed E-state index contributed by atoms with van der Waals surface area (Å²) in [6.45, 7) is 3.77. The van der Waals surface area contributed by atoms with E-state index in [0.717, 1.165) is 0 Å². The number of alkyl halides is 3. The summed E-state index contributed by atoms with van der Waals surface area (Å²) in [7, 11) is 0. The van der Waals surface area contributed by atoms with Crippen LogP contribution in [-0.4, -0.2) is 29.0 Å². The Morgan fingerprint density at radius 2 is 2.00 bits per heavy atom. The average molecular weight is 291 g/mol. The molecular formula is C11H16F3N5O. The predicted octanol–water partition coefficient (Wildman–Crippen LogP) is 1.03. The average Bonchev–Trinajstić information content (AvgIpc) is 2.24. The summed E-state index contributed by atoms with van der Waals surface area (Å²) in [5, 5.41) is 0. The van der Waals surface area contributed by atoms with Crippen LogP contribution in [0.3, 0.4) is 0 Å². The van der Waals surface area contributed by atoms with Gasteiger partial charge in [0.2, 0.25) is 11.7 Å². The van der Waals surface area contributed by atoms with Crippen LogP contribution in [0.5, 0.6) is 0 Å². The highest BCUT2D eigenvalue weighted by atomic mass is 19.4. The molecule has 0 saturated carbocycles. The molecule has 1 rings (SSSR count). The highest BCUT2D eigenvalue weighted by Crippen LogP contribution is 2.28. The van der Waals surface area contributed by atoms with E-state index in [2.05, 4.69) is 9.97 Å². The lowest BCUT2D eigenvalue weighted by Crippen LogP contribution is -2.37. The first-order chi connectivity index (χ1) is 9.09. The number of rotatable bonds is 5. The van der Waals surface area contributed by atoms with E-state index in [4.69, 9.17) is 11.5 Å². The second kappa shape index (κ2) is 5.93. The van der Waals surface area contributed by atoms with E-state index in [1.165, 1.54) is 11.0 Å². The second-order valence-corrected chi connectivity index (χ2v) is 4.71. The maximum atomic E-state index is 12.6. The van der Waals surface area contributed by atoms with Crippen LogP contribution < -0.4 is 16.4 Å². The minimum Gasteiger partial charge on any atom is -0.384 e. The van der Waals surface area contributed by atoms with Gasteiger partial charge in [0, 0.05) is 12.6 Å². The van der Waals surface area contributed by atoms with E-state index in [-0.39, 0.29) is 24.1 Å². The number of nitrogens with two attached hydrogens (primary N) is 2. The molecule has 1 amide bonds. The van der Waals surface area contributed by atoms with Crippen molar-refractivity contribution in [1.82, 2.24) is 9.97 Å². The van der Waals surface area contributed by atoms with Crippen molar-refractivity contribution in [3.63, 3.8) is 0 Å². The molecule has 4 N–H and O–H groups in total. The maximum Gasteiger partial charge on any atom is 0.451 e. The molecule has 20 heavy (non-hydrogen) atoms. The predicted molar refractivity (Wildman–Crippen MR) is 67.7 cm³/mol. The van der Waals surface area contributed by atoms with E-state index in [9.17, 15) is 18.0 Å². The molecule has 0 aliphatic heterocycles. The van der Waals surface area contributed by atoms with Gasteiger partial charge in [-0.1, -0.05) is 13.8 Å². The number of hydrogen-bond donors (Lipinski definition) is 2. The molecule has 0 atom stereocenters. The van der Waals surface area contributed by atoms with Gasteiger partial charge in [0.1, 0.15) is 11.6 Å². The molecule has 0 bridgehead atoms. The Balaban J connectivity index is 3.18. The van der Waals surface area contributed by atoms with Gasteiger partial charge in [0.25, 0.3) is 0 Å². The Morgan fingerprint density at radius 1 is 1.40 bits per heavy atom. The standard InChI is InChI=1S/C11H16F3N5O/c1-6(2)4-19(5-8(16)20)9-3-7(15)17-10(18-9)11(12,13)14/h3,6H,4-5H2,1-2H3,(H2,16,20)(H2,15,17,18). The number of anilines is 2. The van der Waals surface area contributed by atoms with Gasteiger partial charge in [-0.25, -0.2) is 9.97 Å². The van der Waals surface area contributed by atoms with Crippen LogP contribution in [0.4, 0.5) is 24.8 Å². The van der Waals surface area contributed by atoms with E-state index in [1.807, 2.05) is 13.8 Å². The van der Waals surface area contributed by atoms with Crippen molar-refractivity contribution >= 4 is 17.5 Å². The molecule has 0 saturated heterocycles. The van der Waals surface area contributed by atoms with Gasteiger partial charge in [0.15, 0.2) is 0 Å². The van der Waals surface area contributed by atoms with Crippen LogP contribution in [0.25, 0.3) is 0 Å². The molecule has 0 aliphatic rings. The van der Waals surface area contributed by atoms with Gasteiger partial charge < -0.3 is 16.4 Å². The van der Waals surface area contributed by atoms with Crippen LogP contribution in [0, 0.1) is 5.92 Å². The van der Waals surface area contributed by atoms with Crippen LogP contribution in [0.1, 0.15) is 19.7 Å². The number of carbonyl (C=O) groups is 1. The normalized spacial score (nSPS) is 11.7. The van der Waals surface area contributed by atoms with Crippen molar-refractivity contribution in [3.05, 3.63) is 11.9 Å². The third-order valence-corrected chi connectivity index (χ3v) is 2.24. The van der Waals surface area contributed by atoms with E-state index < -0.39 is 17.9 Å². The summed E-state index contributed by atoms with van der Waals surface area (Å²) in [6, 6.07) is 1.18. The minimum atomic E-state index is -4.71. The molecule has 1 aromatic rings. The first kappa shape index (κ1) is 16.0. The fourth-order valence-corrected chi connectivity index (χ4v) is 1.61. The molecule has 0 aliphatic carbocycles. The molecular weight excluding hydrogens is 275 g/mol. The summed E-state index contributed by atoms with van der Waals surface area (Å²) in [6.07, 6.45) is -4.71. The molecule has 0 aromatic carbocycles. The van der Waals surface area contributed by atoms with Gasteiger partial charge in [-0.05, 0) is 5.92 Å². The van der Waals surface area contributed by atoms with Crippen molar-refractivity contribution in [3.8, 4) is 0 Å². The molecule has 9 heteroatoms. The minimum absolute atomic E-state index is 0.0719. The molecule has 112 valence electrons. The Kier molecular flexibility index (Phi) is 4.74. The van der Waals surface area contributed by atoms with Crippen molar-refractivity contribution < 1.29 is 18.0 Å². The van der Waals surface area contributed by atoms with Crippen LogP contribution >= 0.6 is 0 Å². The highest BCUT2D eigenvalue weighted by molar-refractivity contribution is 5.79. The molecule has 1 heterocycles. The number of primary amides is 1. The van der Waals surface area contributed by atoms with Crippen molar-refractivity contribution in [2.45, 2.75) is 20.0 Å². The van der Waals surface area contributed by atoms with Crippen molar-refractivity contribution in [2.75, 3.05) is 23.7 Å². The first-order valence-corrected chi connectivity index (χ1v) is 5.84. The Bertz CT molecular complexity index is 489. The van der Waals surface area contributed by atoms with Gasteiger partial charge in [-0.2, -0.15) is 13.2 Å². The topological polar surface area (TPSA) is 98.1 Å². The smallest absolute Gasteiger partial charge is 0.384 e. The zero-order valence-electron chi connectivity index (χ0n) is 11.1. The third kappa shape index (κ3) is 4.56. The number of amides is 1. The van der Waals surface area contributed by atoms with E-state index in [1.54, 1.807) is 0 Å². The van der Waals surface area contributed by atoms with Gasteiger partial charge in [0.05, 0.1) is 6.54 Å². The molecule has 0 spiro atoms. The van der Waals surface area contributed by atoms with Crippen molar-refractivity contribution in [2.24, 2.45) is 11.7 Å². The lowest BCUT2D eigenvalue weighted by molar-refractivity contribution is -0.144. The third-order valence-electron chi connectivity index (χ3n) is 2.24. The zero-order valence-corrected chi connectivity index (χ0v) is 11.1. The number of halogens is 3. The van der Waals surface area contributed by atoms with Gasteiger partial charge >= 0.3 is 6.18 Å². The Labute approximate surface area is 114 Å². The van der Waals surface area contributed by atoms with Crippen molar-refractivity contribution in [1.29, 1.82) is 0 Å². The summed E-state index contributed by atoms with van der Waals surface area (Å²) in [5.74, 6) is -2.31. The van der Waals surface area contributed by atoms with Gasteiger partial charge in [-0.3, -0.25) is 4.79 Å². The summed E-state index contributed by atoms with van der Waals surface area (Å²) < 4.78 is 37.9. The zero-order chi connectivity index (χ0) is 15.5. The quantitative estimate of drug-likeness (QED) is 0.844. The molecule has 0 radical (unpaired) electrons. The summed E-state index contributed by atoms with van der Waals surface area (Å²) in [4.78, 5) is 18.9. The van der Waals surface area contributed by atoms with Crippen LogP contribution in [0.15, 0.2) is 6.07 Å². The first-order valence-electron chi connectivity index (χ1n) is 5.84. The summed E-state index contributed by atoms with van der Waals surface area (Å²) in [5.41, 5.74) is 10.5. The fourth-order valence-electron chi connectivity index (χ4n) is 1.61. The molecule has 6 nitrogen and oxygen atoms in total. The number of carbonyl (C=O) groups excluding carboxylic acids is 1. The monoisotopic (exact) mass is 291 g/mol. The van der Waals surface area contributed by atoms with E-state index in [0.29, 0.717) is 6.54 Å². The number of nitrogens with zero attached hydrogens (tertiary/aromatic N) is 3. The van der Waals surface area contributed by atoms with Crippen LogP contribution in [-0.2, 0) is 11.0 Å². The lowest BCUT2D eigenvalue weighted by Gasteiger charge is -2.24. The van der Waals surface area contributed by atoms with Gasteiger partial charge in [-0.15, -0.1) is 0 Å². The SMILES string of the molecule is CC(C)CN(CC(N)=O)c1cc(N)nc(C(F)(F)F)n1. The number of aromatic nitrogens is 2. The summed E-state index contributed by atoms with van der Waals surface area (Å²) >= 11 is 0. The van der Waals surface area contributed by atoms with E-state index >= 15 is 0 Å². The maximum absolute atomic E-state index is 12.6. The molecule has 0 fully saturated rings. The fraction of sp³-hybridized carbons (Fsp3) is 0.545. The second-order valence-electron chi connectivity index (χ2n) is 4.71. The highest BCUT2D eigenvalue weighted by Gasteiger charge is 2.35.